The summed E-state index contributed by atoms with van der Waals surface area (Å²) < 4.78 is 0. The van der Waals surface area contributed by atoms with Crippen molar-refractivity contribution in [3.63, 3.8) is 0 Å². The summed E-state index contributed by atoms with van der Waals surface area (Å²) in [5.41, 5.74) is 1.55. The van der Waals surface area contributed by atoms with Crippen LogP contribution in [-0.4, -0.2) is 17.7 Å². The third kappa shape index (κ3) is 2.74. The van der Waals surface area contributed by atoms with Gasteiger partial charge in [-0.05, 0) is 24.1 Å². The first kappa shape index (κ1) is 12.3. The van der Waals surface area contributed by atoms with Gasteiger partial charge in [-0.3, -0.25) is 19.7 Å². The fraction of sp³-hybridized carbons (Fsp3) is 0.308. The van der Waals surface area contributed by atoms with Crippen LogP contribution < -0.4 is 10.6 Å². The zero-order chi connectivity index (χ0) is 13.1. The number of piperidine rings is 1. The molecule has 94 valence electrons. The molecule has 2 rings (SSSR count). The zero-order valence-corrected chi connectivity index (χ0v) is 10.0. The molecule has 1 aromatic carbocycles. The van der Waals surface area contributed by atoms with Gasteiger partial charge in [-0.2, -0.15) is 0 Å². The van der Waals surface area contributed by atoms with E-state index in [1.165, 1.54) is 6.92 Å². The molecule has 0 aliphatic carbocycles. The smallest absolute Gasteiger partial charge is 0.234 e. The summed E-state index contributed by atoms with van der Waals surface area (Å²) in [5.74, 6) is -0.887. The fourth-order valence-electron chi connectivity index (χ4n) is 2.01. The minimum Gasteiger partial charge on any atom is -0.326 e. The molecule has 1 fully saturated rings. The van der Waals surface area contributed by atoms with Crippen LogP contribution in [0.1, 0.15) is 31.2 Å². The van der Waals surface area contributed by atoms with Crippen LogP contribution in [0, 0.1) is 0 Å². The first-order chi connectivity index (χ1) is 8.56. The SMILES string of the molecule is CC(=O)Nc1ccc(C2CCC(=O)NC2=O)cc1. The first-order valence-electron chi connectivity index (χ1n) is 5.77. The lowest BCUT2D eigenvalue weighted by Gasteiger charge is -2.21. The summed E-state index contributed by atoms with van der Waals surface area (Å²) in [7, 11) is 0. The molecule has 1 atom stereocenters. The van der Waals surface area contributed by atoms with Gasteiger partial charge in [0.05, 0.1) is 5.92 Å². The molecule has 0 spiro atoms. The second-order valence-corrected chi connectivity index (χ2v) is 4.31. The summed E-state index contributed by atoms with van der Waals surface area (Å²) in [5, 5.41) is 4.99. The zero-order valence-electron chi connectivity index (χ0n) is 10.0. The number of anilines is 1. The Balaban J connectivity index is 2.12. The number of carbonyl (C=O) groups is 3. The van der Waals surface area contributed by atoms with Crippen molar-refractivity contribution in [2.45, 2.75) is 25.7 Å². The topological polar surface area (TPSA) is 75.3 Å². The summed E-state index contributed by atoms with van der Waals surface area (Å²) in [6.07, 6.45) is 0.897. The van der Waals surface area contributed by atoms with E-state index in [0.717, 1.165) is 5.56 Å². The number of benzene rings is 1. The van der Waals surface area contributed by atoms with E-state index in [4.69, 9.17) is 0 Å². The molecule has 1 saturated heterocycles. The Morgan fingerprint density at radius 2 is 1.94 bits per heavy atom. The van der Waals surface area contributed by atoms with Gasteiger partial charge in [0, 0.05) is 19.0 Å². The number of hydrogen-bond acceptors (Lipinski definition) is 3. The van der Waals surface area contributed by atoms with Crippen LogP contribution in [0.2, 0.25) is 0 Å². The van der Waals surface area contributed by atoms with Gasteiger partial charge in [-0.25, -0.2) is 0 Å². The molecule has 0 aromatic heterocycles. The Morgan fingerprint density at radius 3 is 2.50 bits per heavy atom. The summed E-state index contributed by atoms with van der Waals surface area (Å²) in [6, 6.07) is 7.09. The van der Waals surface area contributed by atoms with E-state index in [9.17, 15) is 14.4 Å². The summed E-state index contributed by atoms with van der Waals surface area (Å²) >= 11 is 0. The largest absolute Gasteiger partial charge is 0.326 e. The van der Waals surface area contributed by atoms with Gasteiger partial charge in [0.25, 0.3) is 0 Å². The van der Waals surface area contributed by atoms with Crippen molar-refractivity contribution in [3.8, 4) is 0 Å². The van der Waals surface area contributed by atoms with Crippen molar-refractivity contribution >= 4 is 23.4 Å². The molecule has 1 aromatic rings. The van der Waals surface area contributed by atoms with Crippen LogP contribution >= 0.6 is 0 Å². The second-order valence-electron chi connectivity index (χ2n) is 4.31. The highest BCUT2D eigenvalue weighted by atomic mass is 16.2. The molecule has 5 nitrogen and oxygen atoms in total. The third-order valence-electron chi connectivity index (χ3n) is 2.87. The van der Waals surface area contributed by atoms with Crippen molar-refractivity contribution < 1.29 is 14.4 Å². The van der Waals surface area contributed by atoms with Gasteiger partial charge in [0.1, 0.15) is 0 Å². The highest BCUT2D eigenvalue weighted by Gasteiger charge is 2.27. The highest BCUT2D eigenvalue weighted by Crippen LogP contribution is 2.25. The van der Waals surface area contributed by atoms with Crippen molar-refractivity contribution in [3.05, 3.63) is 29.8 Å². The van der Waals surface area contributed by atoms with Gasteiger partial charge in [-0.1, -0.05) is 12.1 Å². The molecule has 0 radical (unpaired) electrons. The van der Waals surface area contributed by atoms with Crippen LogP contribution in [0.5, 0.6) is 0 Å². The van der Waals surface area contributed by atoms with E-state index in [2.05, 4.69) is 10.6 Å². The number of hydrogen-bond donors (Lipinski definition) is 2. The number of carbonyl (C=O) groups excluding carboxylic acids is 3. The predicted octanol–water partition coefficient (Wildman–Crippen LogP) is 1.17. The fourth-order valence-corrected chi connectivity index (χ4v) is 2.01. The van der Waals surface area contributed by atoms with Crippen molar-refractivity contribution in [1.82, 2.24) is 5.32 Å². The van der Waals surface area contributed by atoms with Gasteiger partial charge < -0.3 is 5.32 Å². The quantitative estimate of drug-likeness (QED) is 0.769. The van der Waals surface area contributed by atoms with Crippen LogP contribution in [0.25, 0.3) is 0 Å². The van der Waals surface area contributed by atoms with Crippen molar-refractivity contribution in [1.29, 1.82) is 0 Å². The molecule has 1 aliphatic rings. The monoisotopic (exact) mass is 246 g/mol. The average molecular weight is 246 g/mol. The first-order valence-corrected chi connectivity index (χ1v) is 5.77. The van der Waals surface area contributed by atoms with Crippen molar-refractivity contribution in [2.75, 3.05) is 5.32 Å². The van der Waals surface area contributed by atoms with E-state index in [1.807, 2.05) is 0 Å². The lowest BCUT2D eigenvalue weighted by Crippen LogP contribution is -2.39. The van der Waals surface area contributed by atoms with Gasteiger partial charge in [0.2, 0.25) is 17.7 Å². The summed E-state index contributed by atoms with van der Waals surface area (Å²) in [4.78, 5) is 33.6. The number of rotatable bonds is 2. The van der Waals surface area contributed by atoms with Crippen LogP contribution in [0.15, 0.2) is 24.3 Å². The Labute approximate surface area is 105 Å². The average Bonchev–Trinajstić information content (AvgIpc) is 2.30. The van der Waals surface area contributed by atoms with Crippen LogP contribution in [-0.2, 0) is 14.4 Å². The van der Waals surface area contributed by atoms with Gasteiger partial charge in [0.15, 0.2) is 0 Å². The highest BCUT2D eigenvalue weighted by molar-refractivity contribution is 6.01. The maximum absolute atomic E-state index is 11.7. The molecule has 1 unspecified atom stereocenters. The van der Waals surface area contributed by atoms with Crippen LogP contribution in [0.4, 0.5) is 5.69 Å². The maximum atomic E-state index is 11.7. The lowest BCUT2D eigenvalue weighted by atomic mass is 9.90. The standard InChI is InChI=1S/C13H14N2O3/c1-8(16)14-10-4-2-9(3-5-10)11-6-7-12(17)15-13(11)18/h2-5,11H,6-7H2,1H3,(H,14,16)(H,15,17,18). The van der Waals surface area contributed by atoms with E-state index < -0.39 is 0 Å². The van der Waals surface area contributed by atoms with E-state index in [0.29, 0.717) is 18.5 Å². The second kappa shape index (κ2) is 5.00. The Bertz CT molecular complexity index is 493. The Kier molecular flexibility index (Phi) is 3.41. The molecular formula is C13H14N2O3. The lowest BCUT2D eigenvalue weighted by molar-refractivity contribution is -0.134. The molecule has 2 N–H and O–H groups in total. The van der Waals surface area contributed by atoms with Crippen LogP contribution in [0.3, 0.4) is 0 Å². The predicted molar refractivity (Wildman–Crippen MR) is 65.9 cm³/mol. The van der Waals surface area contributed by atoms with E-state index >= 15 is 0 Å². The van der Waals surface area contributed by atoms with Gasteiger partial charge in [-0.15, -0.1) is 0 Å². The number of nitrogens with one attached hydrogen (secondary N) is 2. The summed E-state index contributed by atoms with van der Waals surface area (Å²) in [6.45, 7) is 1.44. The molecule has 5 heteroatoms. The minimum atomic E-state index is -0.283. The van der Waals surface area contributed by atoms with E-state index in [-0.39, 0.29) is 23.6 Å². The molecule has 0 saturated carbocycles. The Morgan fingerprint density at radius 1 is 1.28 bits per heavy atom. The van der Waals surface area contributed by atoms with Gasteiger partial charge >= 0.3 is 0 Å². The molecule has 3 amide bonds. The maximum Gasteiger partial charge on any atom is 0.234 e. The molecular weight excluding hydrogens is 232 g/mol. The Hall–Kier alpha value is -2.17. The minimum absolute atomic E-state index is 0.135. The third-order valence-corrected chi connectivity index (χ3v) is 2.87. The molecule has 1 heterocycles. The molecule has 1 aliphatic heterocycles. The number of imide groups is 1. The number of amides is 3. The van der Waals surface area contributed by atoms with Crippen molar-refractivity contribution in [2.24, 2.45) is 0 Å². The van der Waals surface area contributed by atoms with E-state index in [1.54, 1.807) is 24.3 Å². The normalized spacial score (nSPS) is 19.3. The molecule has 0 bridgehead atoms. The molecule has 18 heavy (non-hydrogen) atoms.